The molecular formula is C10H24N2O2S. The first-order valence-corrected chi connectivity index (χ1v) is 7.13. The van der Waals surface area contributed by atoms with Crippen LogP contribution >= 0.6 is 0 Å². The van der Waals surface area contributed by atoms with Gasteiger partial charge in [0.1, 0.15) is 0 Å². The molecule has 0 heterocycles. The summed E-state index contributed by atoms with van der Waals surface area (Å²) in [4.78, 5) is 0. The molecule has 0 aliphatic carbocycles. The number of nitrogens with two attached hydrogens (primary N) is 1. The third-order valence-electron chi connectivity index (χ3n) is 2.07. The molecule has 0 saturated heterocycles. The Morgan fingerprint density at radius 3 is 2.13 bits per heavy atom. The second-order valence-corrected chi connectivity index (χ2v) is 6.61. The summed E-state index contributed by atoms with van der Waals surface area (Å²) in [5, 5.41) is 0. The second kappa shape index (κ2) is 6.45. The Kier molecular flexibility index (Phi) is 6.40. The Balaban J connectivity index is 4.02. The van der Waals surface area contributed by atoms with Gasteiger partial charge in [0.2, 0.25) is 10.0 Å². The van der Waals surface area contributed by atoms with Gasteiger partial charge in [-0.1, -0.05) is 13.8 Å². The summed E-state index contributed by atoms with van der Waals surface area (Å²) < 4.78 is 25.8. The van der Waals surface area contributed by atoms with Gasteiger partial charge in [0.25, 0.3) is 0 Å². The van der Waals surface area contributed by atoms with Crippen LogP contribution in [-0.2, 0) is 10.0 Å². The Morgan fingerprint density at radius 1 is 1.20 bits per heavy atom. The molecule has 2 unspecified atom stereocenters. The molecule has 0 saturated carbocycles. The maximum Gasteiger partial charge on any atom is 0.211 e. The zero-order valence-corrected chi connectivity index (χ0v) is 11.0. The molecule has 3 N–H and O–H groups in total. The standard InChI is InChI=1S/C10H24N2O2S/c1-8(2)5-6-15(13,14)12-10(4)7-9(3)11/h8-10,12H,5-7,11H2,1-4H3. The molecule has 0 spiro atoms. The maximum atomic E-state index is 11.6. The smallest absolute Gasteiger partial charge is 0.211 e. The van der Waals surface area contributed by atoms with Crippen molar-refractivity contribution >= 4 is 10.0 Å². The minimum atomic E-state index is -3.13. The average molecular weight is 236 g/mol. The van der Waals surface area contributed by atoms with Gasteiger partial charge in [-0.25, -0.2) is 13.1 Å². The average Bonchev–Trinajstić information content (AvgIpc) is 1.98. The summed E-state index contributed by atoms with van der Waals surface area (Å²) in [6.45, 7) is 7.75. The van der Waals surface area contributed by atoms with Gasteiger partial charge in [-0.2, -0.15) is 0 Å². The maximum absolute atomic E-state index is 11.6. The quantitative estimate of drug-likeness (QED) is 0.694. The molecule has 0 fully saturated rings. The molecule has 0 aromatic heterocycles. The van der Waals surface area contributed by atoms with Crippen LogP contribution < -0.4 is 10.5 Å². The van der Waals surface area contributed by atoms with E-state index >= 15 is 0 Å². The fourth-order valence-corrected chi connectivity index (χ4v) is 2.97. The summed E-state index contributed by atoms with van der Waals surface area (Å²) in [7, 11) is -3.13. The van der Waals surface area contributed by atoms with E-state index in [1.165, 1.54) is 0 Å². The summed E-state index contributed by atoms with van der Waals surface area (Å²) >= 11 is 0. The Hall–Kier alpha value is -0.130. The molecule has 15 heavy (non-hydrogen) atoms. The largest absolute Gasteiger partial charge is 0.328 e. The summed E-state index contributed by atoms with van der Waals surface area (Å²) in [5.74, 6) is 0.610. The predicted molar refractivity (Wildman–Crippen MR) is 64.1 cm³/mol. The zero-order chi connectivity index (χ0) is 12.1. The first kappa shape index (κ1) is 14.9. The molecule has 92 valence electrons. The Bertz CT molecular complexity index is 261. The van der Waals surface area contributed by atoms with Crippen molar-refractivity contribution in [1.29, 1.82) is 0 Å². The van der Waals surface area contributed by atoms with Crippen molar-refractivity contribution in [3.8, 4) is 0 Å². The van der Waals surface area contributed by atoms with E-state index in [1.807, 2.05) is 27.7 Å². The van der Waals surface area contributed by atoms with Crippen LogP contribution in [0.25, 0.3) is 0 Å². The molecule has 2 atom stereocenters. The van der Waals surface area contributed by atoms with Crippen LogP contribution in [-0.4, -0.2) is 26.3 Å². The summed E-state index contributed by atoms with van der Waals surface area (Å²) in [6, 6.07) is -0.0602. The lowest BCUT2D eigenvalue weighted by Crippen LogP contribution is -2.37. The third-order valence-corrected chi connectivity index (χ3v) is 3.60. The van der Waals surface area contributed by atoms with E-state index in [0.717, 1.165) is 0 Å². The number of sulfonamides is 1. The lowest BCUT2D eigenvalue weighted by atomic mass is 10.1. The second-order valence-electron chi connectivity index (χ2n) is 4.73. The van der Waals surface area contributed by atoms with Crippen molar-refractivity contribution in [2.45, 2.75) is 52.6 Å². The minimum Gasteiger partial charge on any atom is -0.328 e. The van der Waals surface area contributed by atoms with Crippen LogP contribution in [0.15, 0.2) is 0 Å². The fourth-order valence-electron chi connectivity index (χ4n) is 1.36. The molecule has 5 heteroatoms. The van der Waals surface area contributed by atoms with Crippen molar-refractivity contribution in [3.05, 3.63) is 0 Å². The predicted octanol–water partition coefficient (Wildman–Crippen LogP) is 1.08. The summed E-state index contributed by atoms with van der Waals surface area (Å²) in [6.07, 6.45) is 1.36. The van der Waals surface area contributed by atoms with E-state index < -0.39 is 10.0 Å². The van der Waals surface area contributed by atoms with Crippen molar-refractivity contribution in [1.82, 2.24) is 4.72 Å². The summed E-state index contributed by atoms with van der Waals surface area (Å²) in [5.41, 5.74) is 5.60. The molecule has 0 bridgehead atoms. The number of nitrogens with one attached hydrogen (secondary N) is 1. The van der Waals surface area contributed by atoms with Gasteiger partial charge in [0, 0.05) is 12.1 Å². The molecule has 0 amide bonds. The third kappa shape index (κ3) is 8.84. The lowest BCUT2D eigenvalue weighted by molar-refractivity contribution is 0.513. The monoisotopic (exact) mass is 236 g/mol. The lowest BCUT2D eigenvalue weighted by Gasteiger charge is -2.16. The molecule has 0 aliphatic heterocycles. The normalized spacial score (nSPS) is 16.7. The highest BCUT2D eigenvalue weighted by Gasteiger charge is 2.15. The molecule has 0 aliphatic rings. The van der Waals surface area contributed by atoms with Crippen molar-refractivity contribution < 1.29 is 8.42 Å². The molecule has 0 radical (unpaired) electrons. The molecular weight excluding hydrogens is 212 g/mol. The first-order chi connectivity index (χ1) is 6.73. The SMILES string of the molecule is CC(C)CCS(=O)(=O)NC(C)CC(C)N. The topological polar surface area (TPSA) is 72.2 Å². The minimum absolute atomic E-state index is 0.0211. The number of hydrogen-bond acceptors (Lipinski definition) is 3. The van der Waals surface area contributed by atoms with Crippen LogP contribution in [0.1, 0.15) is 40.5 Å². The molecule has 0 aromatic rings. The van der Waals surface area contributed by atoms with Crippen LogP contribution in [0.3, 0.4) is 0 Å². The van der Waals surface area contributed by atoms with Gasteiger partial charge in [0.05, 0.1) is 5.75 Å². The Labute approximate surface area is 93.7 Å². The molecule has 0 aromatic carbocycles. The van der Waals surface area contributed by atoms with Crippen molar-refractivity contribution in [3.63, 3.8) is 0 Å². The van der Waals surface area contributed by atoms with Gasteiger partial charge in [-0.05, 0) is 32.6 Å². The number of rotatable bonds is 7. The van der Waals surface area contributed by atoms with E-state index in [9.17, 15) is 8.42 Å². The van der Waals surface area contributed by atoms with E-state index in [-0.39, 0.29) is 17.8 Å². The Morgan fingerprint density at radius 2 is 1.73 bits per heavy atom. The highest BCUT2D eigenvalue weighted by Crippen LogP contribution is 2.04. The van der Waals surface area contributed by atoms with Gasteiger partial charge < -0.3 is 5.73 Å². The van der Waals surface area contributed by atoms with Crippen LogP contribution in [0.2, 0.25) is 0 Å². The van der Waals surface area contributed by atoms with Gasteiger partial charge in [-0.15, -0.1) is 0 Å². The number of hydrogen-bond donors (Lipinski definition) is 2. The van der Waals surface area contributed by atoms with Crippen LogP contribution in [0.5, 0.6) is 0 Å². The van der Waals surface area contributed by atoms with Crippen molar-refractivity contribution in [2.24, 2.45) is 11.7 Å². The molecule has 4 nitrogen and oxygen atoms in total. The highest BCUT2D eigenvalue weighted by molar-refractivity contribution is 7.89. The first-order valence-electron chi connectivity index (χ1n) is 5.48. The van der Waals surface area contributed by atoms with Crippen molar-refractivity contribution in [2.75, 3.05) is 5.75 Å². The van der Waals surface area contributed by atoms with Gasteiger partial charge in [-0.3, -0.25) is 0 Å². The van der Waals surface area contributed by atoms with Gasteiger partial charge in [0.15, 0.2) is 0 Å². The highest BCUT2D eigenvalue weighted by atomic mass is 32.2. The van der Waals surface area contributed by atoms with Crippen LogP contribution in [0.4, 0.5) is 0 Å². The molecule has 0 rings (SSSR count). The van der Waals surface area contributed by atoms with E-state index in [2.05, 4.69) is 4.72 Å². The van der Waals surface area contributed by atoms with Gasteiger partial charge >= 0.3 is 0 Å². The van der Waals surface area contributed by atoms with Crippen LogP contribution in [0, 0.1) is 5.92 Å². The van der Waals surface area contributed by atoms with E-state index in [1.54, 1.807) is 0 Å². The fraction of sp³-hybridized carbons (Fsp3) is 1.00. The van der Waals surface area contributed by atoms with E-state index in [0.29, 0.717) is 18.8 Å². The zero-order valence-electron chi connectivity index (χ0n) is 10.2. The van der Waals surface area contributed by atoms with E-state index in [4.69, 9.17) is 5.73 Å².